The number of nitrogens with one attached hydrogen (secondary N) is 1. The Hall–Kier alpha value is -0.210. The van der Waals surface area contributed by atoms with Gasteiger partial charge in [0.25, 0.3) is 0 Å². The van der Waals surface area contributed by atoms with Crippen LogP contribution in [0.15, 0.2) is 0 Å². The third kappa shape index (κ3) is 7.13. The molecule has 0 fully saturated rings. The molecule has 0 amide bonds. The van der Waals surface area contributed by atoms with Gasteiger partial charge in [-0.25, -0.2) is 8.42 Å². The van der Waals surface area contributed by atoms with Gasteiger partial charge in [0.05, 0.1) is 11.8 Å². The second-order valence-electron chi connectivity index (χ2n) is 3.47. The molecule has 16 heavy (non-hydrogen) atoms. The van der Waals surface area contributed by atoms with Gasteiger partial charge in [0, 0.05) is 19.5 Å². The molecular weight excluding hydrogens is 232 g/mol. The maximum atomic E-state index is 11.0. The Morgan fingerprint density at radius 2 is 1.75 bits per heavy atom. The Morgan fingerprint density at radius 1 is 1.25 bits per heavy atom. The first-order chi connectivity index (χ1) is 7.44. The molecule has 1 atom stereocenters. The van der Waals surface area contributed by atoms with Gasteiger partial charge in [-0.05, 0) is 20.3 Å². The summed E-state index contributed by atoms with van der Waals surface area (Å²) in [7, 11) is -3.00. The van der Waals surface area contributed by atoms with Crippen molar-refractivity contribution >= 4 is 9.84 Å². The summed E-state index contributed by atoms with van der Waals surface area (Å²) in [6.07, 6.45) is 1.04. The highest BCUT2D eigenvalue weighted by Gasteiger charge is 2.22. The molecular formula is C9H22N2O4S. The lowest BCUT2D eigenvalue weighted by Gasteiger charge is -2.25. The fourth-order valence-electron chi connectivity index (χ4n) is 1.25. The molecule has 6 nitrogen and oxygen atoms in total. The van der Waals surface area contributed by atoms with Gasteiger partial charge in [-0.2, -0.15) is 0 Å². The van der Waals surface area contributed by atoms with E-state index in [2.05, 4.69) is 5.43 Å². The Bertz CT molecular complexity index is 263. The smallest absolute Gasteiger partial charge is 0.174 e. The summed E-state index contributed by atoms with van der Waals surface area (Å²) in [5, 5.41) is 0. The van der Waals surface area contributed by atoms with Crippen LogP contribution in [0, 0.1) is 0 Å². The van der Waals surface area contributed by atoms with E-state index in [-0.39, 0.29) is 11.8 Å². The molecule has 7 heteroatoms. The summed E-state index contributed by atoms with van der Waals surface area (Å²) in [5.41, 5.74) is 2.53. The van der Waals surface area contributed by atoms with Crippen LogP contribution in [0.1, 0.15) is 20.3 Å². The third-order valence-electron chi connectivity index (χ3n) is 2.00. The van der Waals surface area contributed by atoms with Crippen molar-refractivity contribution in [3.63, 3.8) is 0 Å². The maximum absolute atomic E-state index is 11.0. The quantitative estimate of drug-likeness (QED) is 0.332. The van der Waals surface area contributed by atoms with Gasteiger partial charge < -0.3 is 9.47 Å². The van der Waals surface area contributed by atoms with Gasteiger partial charge >= 0.3 is 0 Å². The lowest BCUT2D eigenvalue weighted by atomic mass is 10.2. The summed E-state index contributed by atoms with van der Waals surface area (Å²) in [6.45, 7) is 4.66. The Labute approximate surface area is 97.4 Å². The second kappa shape index (κ2) is 7.97. The first kappa shape index (κ1) is 15.8. The Kier molecular flexibility index (Phi) is 7.86. The molecule has 0 aromatic rings. The van der Waals surface area contributed by atoms with Gasteiger partial charge in [-0.1, -0.05) is 0 Å². The standard InChI is InChI=1S/C9H22N2O4S/c1-4-14-9(15-5-2)8(11-10)6-7-16(3,12)13/h8-9,11H,4-7,10H2,1-3H3. The second-order valence-corrected chi connectivity index (χ2v) is 5.73. The minimum absolute atomic E-state index is 0.0541. The summed E-state index contributed by atoms with van der Waals surface area (Å²) in [5.74, 6) is 5.41. The molecule has 0 aromatic heterocycles. The zero-order valence-electron chi connectivity index (χ0n) is 10.1. The van der Waals surface area contributed by atoms with E-state index in [9.17, 15) is 8.42 Å². The van der Waals surface area contributed by atoms with E-state index in [4.69, 9.17) is 15.3 Å². The van der Waals surface area contributed by atoms with Gasteiger partial charge in [0.2, 0.25) is 0 Å². The molecule has 1 unspecified atom stereocenters. The molecule has 3 N–H and O–H groups in total. The van der Waals surface area contributed by atoms with Gasteiger partial charge in [0.15, 0.2) is 6.29 Å². The first-order valence-electron chi connectivity index (χ1n) is 5.31. The van der Waals surface area contributed by atoms with Crippen LogP contribution < -0.4 is 11.3 Å². The average Bonchev–Trinajstić information content (AvgIpc) is 2.17. The van der Waals surface area contributed by atoms with E-state index in [0.717, 1.165) is 0 Å². The summed E-state index contributed by atoms with van der Waals surface area (Å²) in [4.78, 5) is 0. The molecule has 0 aromatic carbocycles. The molecule has 0 radical (unpaired) electrons. The third-order valence-corrected chi connectivity index (χ3v) is 2.98. The van der Waals surface area contributed by atoms with Gasteiger partial charge in [-0.15, -0.1) is 0 Å². The Balaban J connectivity index is 4.30. The van der Waals surface area contributed by atoms with Crippen molar-refractivity contribution in [2.45, 2.75) is 32.6 Å². The molecule has 0 saturated heterocycles. The van der Waals surface area contributed by atoms with Crippen LogP contribution in [0.4, 0.5) is 0 Å². The van der Waals surface area contributed by atoms with Gasteiger partial charge in [0.1, 0.15) is 9.84 Å². The minimum atomic E-state index is -3.00. The van der Waals surface area contributed by atoms with Crippen molar-refractivity contribution in [2.75, 3.05) is 25.2 Å². The number of hydrogen-bond donors (Lipinski definition) is 2. The van der Waals surface area contributed by atoms with Crippen molar-refractivity contribution in [2.24, 2.45) is 5.84 Å². The highest BCUT2D eigenvalue weighted by atomic mass is 32.2. The highest BCUT2D eigenvalue weighted by molar-refractivity contribution is 7.90. The van der Waals surface area contributed by atoms with Gasteiger partial charge in [-0.3, -0.25) is 11.3 Å². The largest absolute Gasteiger partial charge is 0.351 e. The number of nitrogens with two attached hydrogens (primary N) is 1. The summed E-state index contributed by atoms with van der Waals surface area (Å²) in [6, 6.07) is -0.324. The fourth-order valence-corrected chi connectivity index (χ4v) is 1.93. The molecule has 98 valence electrons. The zero-order valence-corrected chi connectivity index (χ0v) is 10.9. The average molecular weight is 254 g/mol. The van der Waals surface area contributed by atoms with E-state index in [1.165, 1.54) is 6.26 Å². The fraction of sp³-hybridized carbons (Fsp3) is 1.00. The van der Waals surface area contributed by atoms with E-state index in [0.29, 0.717) is 19.6 Å². The topological polar surface area (TPSA) is 90.6 Å². The Morgan fingerprint density at radius 3 is 2.06 bits per heavy atom. The number of ether oxygens (including phenoxy) is 2. The number of sulfone groups is 1. The van der Waals surface area contributed by atoms with Crippen molar-refractivity contribution in [1.29, 1.82) is 0 Å². The normalized spacial score (nSPS) is 14.3. The summed E-state index contributed by atoms with van der Waals surface area (Å²) >= 11 is 0. The van der Waals surface area contributed by atoms with E-state index < -0.39 is 16.1 Å². The molecule has 0 bridgehead atoms. The summed E-state index contributed by atoms with van der Waals surface area (Å²) < 4.78 is 32.8. The van der Waals surface area contributed by atoms with Crippen LogP contribution in [-0.4, -0.2) is 46.0 Å². The van der Waals surface area contributed by atoms with Crippen molar-refractivity contribution < 1.29 is 17.9 Å². The molecule has 0 aliphatic rings. The minimum Gasteiger partial charge on any atom is -0.351 e. The maximum Gasteiger partial charge on any atom is 0.174 e. The molecule has 0 aliphatic carbocycles. The molecule has 0 rings (SSSR count). The molecule has 0 heterocycles. The predicted molar refractivity (Wildman–Crippen MR) is 62.5 cm³/mol. The van der Waals surface area contributed by atoms with Crippen LogP contribution in [0.3, 0.4) is 0 Å². The number of hydrazine groups is 1. The van der Waals surface area contributed by atoms with Crippen LogP contribution in [-0.2, 0) is 19.3 Å². The first-order valence-corrected chi connectivity index (χ1v) is 7.37. The van der Waals surface area contributed by atoms with Crippen LogP contribution in [0.5, 0.6) is 0 Å². The van der Waals surface area contributed by atoms with Crippen molar-refractivity contribution in [3.8, 4) is 0 Å². The molecule has 0 aliphatic heterocycles. The van der Waals surface area contributed by atoms with Crippen LogP contribution in [0.25, 0.3) is 0 Å². The van der Waals surface area contributed by atoms with Crippen LogP contribution >= 0.6 is 0 Å². The number of hydrogen-bond acceptors (Lipinski definition) is 6. The van der Waals surface area contributed by atoms with E-state index in [1.54, 1.807) is 0 Å². The SMILES string of the molecule is CCOC(OCC)C(CCS(C)(=O)=O)NN. The molecule has 0 saturated carbocycles. The monoisotopic (exact) mass is 254 g/mol. The van der Waals surface area contributed by atoms with E-state index >= 15 is 0 Å². The van der Waals surface area contributed by atoms with Crippen molar-refractivity contribution in [3.05, 3.63) is 0 Å². The van der Waals surface area contributed by atoms with E-state index in [1.807, 2.05) is 13.8 Å². The lowest BCUT2D eigenvalue weighted by molar-refractivity contribution is -0.154. The highest BCUT2D eigenvalue weighted by Crippen LogP contribution is 2.07. The zero-order chi connectivity index (χ0) is 12.6. The number of rotatable bonds is 9. The molecule has 0 spiro atoms. The van der Waals surface area contributed by atoms with Crippen molar-refractivity contribution in [1.82, 2.24) is 5.43 Å². The predicted octanol–water partition coefficient (Wildman–Crippen LogP) is -0.348. The van der Waals surface area contributed by atoms with Crippen LogP contribution in [0.2, 0.25) is 0 Å². The lowest BCUT2D eigenvalue weighted by Crippen LogP contribution is -2.47.